The highest BCUT2D eigenvalue weighted by Crippen LogP contribution is 2.38. The summed E-state index contributed by atoms with van der Waals surface area (Å²) in [5.74, 6) is -0.660. The maximum atomic E-state index is 12.5. The zero-order chi connectivity index (χ0) is 13.1. The van der Waals surface area contributed by atoms with Crippen molar-refractivity contribution >= 4 is 27.5 Å². The number of nitrogens with one attached hydrogen (secondary N) is 1. The van der Waals surface area contributed by atoms with E-state index in [2.05, 4.69) is 21.2 Å². The van der Waals surface area contributed by atoms with Crippen molar-refractivity contribution < 1.29 is 18.0 Å². The van der Waals surface area contributed by atoms with Crippen LogP contribution >= 0.6 is 15.9 Å². The number of benzene rings is 1. The fourth-order valence-electron chi connectivity index (χ4n) is 1.11. The molecule has 0 radical (unpaired) electrons. The second-order valence-corrected chi connectivity index (χ2v) is 3.84. The molecule has 1 aromatic rings. The summed E-state index contributed by atoms with van der Waals surface area (Å²) in [5, 5.41) is 10.5. The molecule has 0 heterocycles. The van der Waals surface area contributed by atoms with Gasteiger partial charge in [0, 0.05) is 0 Å². The number of halogens is 4. The van der Waals surface area contributed by atoms with Crippen LogP contribution in [0.5, 0.6) is 0 Å². The van der Waals surface area contributed by atoms with Gasteiger partial charge in [0.25, 0.3) is 0 Å². The molecule has 0 spiro atoms. The van der Waals surface area contributed by atoms with Crippen molar-refractivity contribution in [1.29, 1.82) is 5.26 Å². The average molecular weight is 307 g/mol. The summed E-state index contributed by atoms with van der Waals surface area (Å²) in [6.07, 6.45) is -4.92. The first kappa shape index (κ1) is 13.5. The van der Waals surface area contributed by atoms with Gasteiger partial charge in [0.2, 0.25) is 5.91 Å². The number of carbonyl (C=O) groups is 1. The van der Waals surface area contributed by atoms with Crippen LogP contribution in [0.3, 0.4) is 0 Å². The SMILES string of the molecule is N#CCC(=O)Nc1cccc(C(F)(F)F)c1Br. The number of carbonyl (C=O) groups excluding carboxylic acids is 1. The van der Waals surface area contributed by atoms with E-state index in [0.717, 1.165) is 6.07 Å². The lowest BCUT2D eigenvalue weighted by Gasteiger charge is -2.12. The summed E-state index contributed by atoms with van der Waals surface area (Å²) in [6, 6.07) is 4.99. The molecule has 0 aliphatic heterocycles. The Hall–Kier alpha value is -1.55. The third-order valence-electron chi connectivity index (χ3n) is 1.82. The van der Waals surface area contributed by atoms with E-state index in [4.69, 9.17) is 5.26 Å². The highest BCUT2D eigenvalue weighted by atomic mass is 79.9. The summed E-state index contributed by atoms with van der Waals surface area (Å²) in [5.41, 5.74) is -0.896. The molecular weight excluding hydrogens is 301 g/mol. The van der Waals surface area contributed by atoms with Crippen molar-refractivity contribution in [2.24, 2.45) is 0 Å². The summed E-state index contributed by atoms with van der Waals surface area (Å²) >= 11 is 2.78. The molecule has 3 nitrogen and oxygen atoms in total. The van der Waals surface area contributed by atoms with Crippen molar-refractivity contribution in [3.63, 3.8) is 0 Å². The smallest absolute Gasteiger partial charge is 0.324 e. The Morgan fingerprint density at radius 1 is 1.47 bits per heavy atom. The van der Waals surface area contributed by atoms with E-state index < -0.39 is 24.1 Å². The van der Waals surface area contributed by atoms with Crippen molar-refractivity contribution in [3.8, 4) is 6.07 Å². The molecule has 0 bridgehead atoms. The van der Waals surface area contributed by atoms with E-state index in [1.165, 1.54) is 12.1 Å². The van der Waals surface area contributed by atoms with E-state index in [1.54, 1.807) is 6.07 Å². The fourth-order valence-corrected chi connectivity index (χ4v) is 1.70. The number of hydrogen-bond acceptors (Lipinski definition) is 2. The predicted octanol–water partition coefficient (Wildman–Crippen LogP) is 3.32. The molecule has 0 fully saturated rings. The second kappa shape index (κ2) is 5.19. The highest BCUT2D eigenvalue weighted by Gasteiger charge is 2.33. The molecule has 0 atom stereocenters. The Kier molecular flexibility index (Phi) is 4.12. The number of alkyl halides is 3. The fraction of sp³-hybridized carbons (Fsp3) is 0.200. The highest BCUT2D eigenvalue weighted by molar-refractivity contribution is 9.10. The van der Waals surface area contributed by atoms with E-state index in [1.807, 2.05) is 0 Å². The van der Waals surface area contributed by atoms with E-state index in [0.29, 0.717) is 0 Å². The van der Waals surface area contributed by atoms with Crippen LogP contribution in [-0.2, 0) is 11.0 Å². The van der Waals surface area contributed by atoms with Gasteiger partial charge < -0.3 is 5.32 Å². The molecule has 0 aromatic heterocycles. The van der Waals surface area contributed by atoms with Gasteiger partial charge in [-0.25, -0.2) is 0 Å². The summed E-state index contributed by atoms with van der Waals surface area (Å²) < 4.78 is 37.3. The third-order valence-corrected chi connectivity index (χ3v) is 2.67. The Morgan fingerprint density at radius 2 is 2.12 bits per heavy atom. The normalized spacial score (nSPS) is 10.8. The number of hydrogen-bond donors (Lipinski definition) is 1. The van der Waals surface area contributed by atoms with Crippen molar-refractivity contribution in [1.82, 2.24) is 0 Å². The van der Waals surface area contributed by atoms with Gasteiger partial charge in [-0.2, -0.15) is 18.4 Å². The van der Waals surface area contributed by atoms with Crippen LogP contribution in [0.25, 0.3) is 0 Å². The zero-order valence-electron chi connectivity index (χ0n) is 8.31. The average Bonchev–Trinajstić information content (AvgIpc) is 2.19. The van der Waals surface area contributed by atoms with Gasteiger partial charge in [0.05, 0.1) is 21.8 Å². The lowest BCUT2D eigenvalue weighted by Crippen LogP contribution is -2.13. The lowest BCUT2D eigenvalue weighted by atomic mass is 10.2. The van der Waals surface area contributed by atoms with Crippen molar-refractivity contribution in [3.05, 3.63) is 28.2 Å². The minimum Gasteiger partial charge on any atom is -0.324 e. The van der Waals surface area contributed by atoms with Crippen molar-refractivity contribution in [2.45, 2.75) is 12.6 Å². The van der Waals surface area contributed by atoms with Crippen LogP contribution in [-0.4, -0.2) is 5.91 Å². The molecule has 0 unspecified atom stereocenters. The molecule has 90 valence electrons. The maximum Gasteiger partial charge on any atom is 0.417 e. The molecule has 0 aliphatic carbocycles. The number of nitriles is 1. The molecule has 17 heavy (non-hydrogen) atoms. The summed E-state index contributed by atoms with van der Waals surface area (Å²) in [4.78, 5) is 11.1. The van der Waals surface area contributed by atoms with Crippen LogP contribution < -0.4 is 5.32 Å². The summed E-state index contributed by atoms with van der Waals surface area (Å²) in [7, 11) is 0. The molecular formula is C10H6BrF3N2O. The van der Waals surface area contributed by atoms with Crippen molar-refractivity contribution in [2.75, 3.05) is 5.32 Å². The van der Waals surface area contributed by atoms with E-state index >= 15 is 0 Å². The lowest BCUT2D eigenvalue weighted by molar-refractivity contribution is -0.138. The Labute approximate surface area is 103 Å². The van der Waals surface area contributed by atoms with Gasteiger partial charge in [0.15, 0.2) is 0 Å². The van der Waals surface area contributed by atoms with Gasteiger partial charge >= 0.3 is 6.18 Å². The van der Waals surface area contributed by atoms with Gasteiger partial charge in [0.1, 0.15) is 6.42 Å². The molecule has 1 rings (SSSR count). The molecule has 0 saturated carbocycles. The van der Waals surface area contributed by atoms with Crippen LogP contribution in [0.15, 0.2) is 22.7 Å². The maximum absolute atomic E-state index is 12.5. The predicted molar refractivity (Wildman–Crippen MR) is 58.0 cm³/mol. The standard InChI is InChI=1S/C10H6BrF3N2O/c11-9-6(10(12,13)14)2-1-3-7(9)16-8(17)4-5-15/h1-3H,4H2,(H,16,17). The number of amides is 1. The first-order valence-corrected chi connectivity index (χ1v) is 5.18. The Morgan fingerprint density at radius 3 is 2.65 bits per heavy atom. The van der Waals surface area contributed by atoms with Gasteiger partial charge in [-0.3, -0.25) is 4.79 Å². The van der Waals surface area contributed by atoms with Gasteiger partial charge in [-0.05, 0) is 28.1 Å². The van der Waals surface area contributed by atoms with Crippen LogP contribution in [0.2, 0.25) is 0 Å². The minimum absolute atomic E-state index is 0.0138. The zero-order valence-corrected chi connectivity index (χ0v) is 9.89. The molecule has 7 heteroatoms. The molecule has 1 aromatic carbocycles. The second-order valence-electron chi connectivity index (χ2n) is 3.05. The molecule has 0 aliphatic rings. The minimum atomic E-state index is -4.51. The Balaban J connectivity index is 3.04. The Bertz CT molecular complexity index is 479. The van der Waals surface area contributed by atoms with Gasteiger partial charge in [-0.1, -0.05) is 6.07 Å². The van der Waals surface area contributed by atoms with Crippen LogP contribution in [0, 0.1) is 11.3 Å². The molecule has 0 saturated heterocycles. The first-order chi connectivity index (χ1) is 7.86. The van der Waals surface area contributed by atoms with Crippen LogP contribution in [0.4, 0.5) is 18.9 Å². The molecule has 1 amide bonds. The quantitative estimate of drug-likeness (QED) is 0.911. The topological polar surface area (TPSA) is 52.9 Å². The summed E-state index contributed by atoms with van der Waals surface area (Å²) in [6.45, 7) is 0. The van der Waals surface area contributed by atoms with E-state index in [-0.39, 0.29) is 10.2 Å². The number of rotatable bonds is 2. The van der Waals surface area contributed by atoms with Gasteiger partial charge in [-0.15, -0.1) is 0 Å². The monoisotopic (exact) mass is 306 g/mol. The van der Waals surface area contributed by atoms with Crippen LogP contribution in [0.1, 0.15) is 12.0 Å². The number of nitrogens with zero attached hydrogens (tertiary/aromatic N) is 1. The largest absolute Gasteiger partial charge is 0.417 e. The first-order valence-electron chi connectivity index (χ1n) is 4.38. The molecule has 1 N–H and O–H groups in total. The van der Waals surface area contributed by atoms with E-state index in [9.17, 15) is 18.0 Å². The number of anilines is 1. The third kappa shape index (κ3) is 3.46.